The Balaban J connectivity index is 0.00000165. The van der Waals surface area contributed by atoms with Crippen molar-refractivity contribution in [3.8, 4) is 0 Å². The van der Waals surface area contributed by atoms with Gasteiger partial charge in [-0.05, 0) is 6.42 Å². The minimum absolute atomic E-state index is 1.17. The van der Waals surface area contributed by atoms with Crippen LogP contribution >= 0.6 is 0 Å². The Hall–Kier alpha value is -1.30. The first-order chi connectivity index (χ1) is 13.6. The Bertz CT molecular complexity index is 374. The van der Waals surface area contributed by atoms with Gasteiger partial charge in [0, 0.05) is 6.54 Å². The second-order valence-corrected chi connectivity index (χ2v) is 8.16. The third-order valence-electron chi connectivity index (χ3n) is 5.32. The van der Waals surface area contributed by atoms with Crippen LogP contribution in [0.5, 0.6) is 0 Å². The molecule has 0 aromatic heterocycles. The van der Waals surface area contributed by atoms with Gasteiger partial charge < -0.3 is 20.2 Å². The maximum absolute atomic E-state index is 8.25. The van der Waals surface area contributed by atoms with Crippen molar-refractivity contribution in [2.75, 3.05) is 20.3 Å². The lowest BCUT2D eigenvalue weighted by molar-refractivity contribution is -0.826. The summed E-state index contributed by atoms with van der Waals surface area (Å²) in [5, 5.41) is 14.8. The van der Waals surface area contributed by atoms with Gasteiger partial charge in [-0.3, -0.25) is 4.90 Å². The fourth-order valence-corrected chi connectivity index (χ4v) is 3.67. The Morgan fingerprint density at radius 2 is 1.14 bits per heavy atom. The van der Waals surface area contributed by atoms with Crippen molar-refractivity contribution in [1.29, 1.82) is 0 Å². The molecule has 0 spiro atoms. The van der Waals surface area contributed by atoms with Crippen LogP contribution in [0, 0.1) is 15.3 Å². The maximum atomic E-state index is 8.25. The zero-order chi connectivity index (χ0) is 20.9. The molecule has 0 saturated heterocycles. The highest BCUT2D eigenvalue weighted by Crippen LogP contribution is 2.13. The number of unbranched alkanes of at least 4 members (excludes halogenated alkanes) is 15. The van der Waals surface area contributed by atoms with Crippen molar-refractivity contribution in [2.45, 2.75) is 110 Å². The van der Waals surface area contributed by atoms with Crippen molar-refractivity contribution in [1.82, 2.24) is 4.90 Å². The lowest BCUT2D eigenvalue weighted by Gasteiger charge is -2.14. The van der Waals surface area contributed by atoms with Gasteiger partial charge in [-0.15, -0.1) is 0 Å². The molecular weight excluding hydrogens is 354 g/mol. The Morgan fingerprint density at radius 3 is 1.46 bits per heavy atom. The van der Waals surface area contributed by atoms with Crippen LogP contribution < -0.4 is 4.90 Å². The van der Waals surface area contributed by atoms with Gasteiger partial charge in [-0.2, -0.15) is 0 Å². The van der Waals surface area contributed by atoms with E-state index >= 15 is 0 Å². The van der Waals surface area contributed by atoms with Gasteiger partial charge in [0.15, 0.2) is 6.67 Å². The number of hydrogen-bond acceptors (Lipinski definition) is 4. The van der Waals surface area contributed by atoms with Crippen LogP contribution in [0.2, 0.25) is 0 Å². The SMILES string of the molecule is CCCCCCCCCCCCCCCCCCN1C=C[NH+](C)C1.O=[N+]([O-])[O-]. The highest BCUT2D eigenvalue weighted by atomic mass is 16.9. The summed E-state index contributed by atoms with van der Waals surface area (Å²) >= 11 is 0. The average Bonchev–Trinajstić information content (AvgIpc) is 3.06. The van der Waals surface area contributed by atoms with E-state index in [-0.39, 0.29) is 0 Å². The standard InChI is InChI=1S/C22H44N2.NO3/c1-3-4-5-6-7-8-9-10-11-12-13-14-15-16-17-18-19-24-21-20-23(2)22-24;2-1(3)4/h20-21H,3-19,22H2,1-2H3;/q;-1/p+1. The number of quaternary nitrogens is 1. The third kappa shape index (κ3) is 21.0. The summed E-state index contributed by atoms with van der Waals surface area (Å²) in [7, 11) is 2.23. The molecule has 28 heavy (non-hydrogen) atoms. The van der Waals surface area contributed by atoms with Crippen LogP contribution in [0.4, 0.5) is 0 Å². The van der Waals surface area contributed by atoms with E-state index in [4.69, 9.17) is 15.3 Å². The summed E-state index contributed by atoms with van der Waals surface area (Å²) < 4.78 is 0. The van der Waals surface area contributed by atoms with E-state index in [1.807, 2.05) is 0 Å². The predicted octanol–water partition coefficient (Wildman–Crippen LogP) is 5.27. The summed E-state index contributed by atoms with van der Waals surface area (Å²) in [4.78, 5) is 12.2. The Labute approximate surface area is 173 Å². The van der Waals surface area contributed by atoms with Crippen molar-refractivity contribution < 1.29 is 9.99 Å². The first-order valence-corrected chi connectivity index (χ1v) is 11.6. The van der Waals surface area contributed by atoms with Crippen LogP contribution in [0.15, 0.2) is 12.4 Å². The van der Waals surface area contributed by atoms with Gasteiger partial charge in [-0.25, -0.2) is 0 Å². The molecular formula is C22H45N3O3. The molecule has 1 unspecified atom stereocenters. The molecule has 0 saturated carbocycles. The van der Waals surface area contributed by atoms with Crippen molar-refractivity contribution >= 4 is 0 Å². The molecule has 1 N–H and O–H groups in total. The van der Waals surface area contributed by atoms with Crippen molar-refractivity contribution in [3.63, 3.8) is 0 Å². The number of rotatable bonds is 17. The molecule has 0 fully saturated rings. The minimum Gasteiger partial charge on any atom is -0.356 e. The molecule has 1 aliphatic heterocycles. The minimum atomic E-state index is -1.75. The molecule has 0 aliphatic carbocycles. The van der Waals surface area contributed by atoms with E-state index in [0.717, 1.165) is 0 Å². The molecule has 0 aromatic rings. The van der Waals surface area contributed by atoms with Crippen LogP contribution in [0.3, 0.4) is 0 Å². The zero-order valence-corrected chi connectivity index (χ0v) is 18.5. The first kappa shape index (κ1) is 26.7. The summed E-state index contributed by atoms with van der Waals surface area (Å²) in [6.07, 6.45) is 27.8. The number of nitrogens with one attached hydrogen (secondary N) is 1. The number of hydrogen-bond donors (Lipinski definition) is 1. The van der Waals surface area contributed by atoms with E-state index in [2.05, 4.69) is 31.3 Å². The molecule has 6 nitrogen and oxygen atoms in total. The van der Waals surface area contributed by atoms with Gasteiger partial charge in [0.05, 0.1) is 18.3 Å². The maximum Gasteiger partial charge on any atom is 0.156 e. The van der Waals surface area contributed by atoms with Crippen LogP contribution in [-0.2, 0) is 0 Å². The second kappa shape index (κ2) is 20.4. The quantitative estimate of drug-likeness (QED) is 0.205. The fourth-order valence-electron chi connectivity index (χ4n) is 3.67. The predicted molar refractivity (Wildman–Crippen MR) is 118 cm³/mol. The van der Waals surface area contributed by atoms with Crippen LogP contribution in [0.1, 0.15) is 110 Å². The lowest BCUT2D eigenvalue weighted by atomic mass is 10.0. The topological polar surface area (TPSA) is 73.9 Å². The fraction of sp³-hybridized carbons (Fsp3) is 0.909. The van der Waals surface area contributed by atoms with Gasteiger partial charge in [0.25, 0.3) is 0 Å². The normalized spacial score (nSPS) is 15.5. The van der Waals surface area contributed by atoms with E-state index < -0.39 is 5.09 Å². The average molecular weight is 400 g/mol. The number of nitrogens with zero attached hydrogens (tertiary/aromatic N) is 2. The second-order valence-electron chi connectivity index (χ2n) is 8.16. The van der Waals surface area contributed by atoms with Gasteiger partial charge in [0.1, 0.15) is 6.20 Å². The molecule has 6 heteroatoms. The third-order valence-corrected chi connectivity index (χ3v) is 5.32. The molecule has 0 aromatic carbocycles. The monoisotopic (exact) mass is 399 g/mol. The molecule has 1 rings (SSSR count). The first-order valence-electron chi connectivity index (χ1n) is 11.6. The molecule has 166 valence electrons. The molecule has 1 atom stereocenters. The zero-order valence-electron chi connectivity index (χ0n) is 18.5. The van der Waals surface area contributed by atoms with Gasteiger partial charge in [0.2, 0.25) is 0 Å². The summed E-state index contributed by atoms with van der Waals surface area (Å²) in [5.74, 6) is 0. The largest absolute Gasteiger partial charge is 0.356 e. The molecule has 0 amide bonds. The Kier molecular flexibility index (Phi) is 19.5. The van der Waals surface area contributed by atoms with E-state index in [9.17, 15) is 0 Å². The van der Waals surface area contributed by atoms with E-state index in [1.165, 1.54) is 121 Å². The van der Waals surface area contributed by atoms with Crippen molar-refractivity contribution in [2.24, 2.45) is 0 Å². The van der Waals surface area contributed by atoms with Crippen LogP contribution in [-0.4, -0.2) is 30.2 Å². The smallest absolute Gasteiger partial charge is 0.156 e. The molecule has 0 bridgehead atoms. The van der Waals surface area contributed by atoms with Crippen LogP contribution in [0.25, 0.3) is 0 Å². The van der Waals surface area contributed by atoms with Gasteiger partial charge >= 0.3 is 0 Å². The van der Waals surface area contributed by atoms with E-state index in [1.54, 1.807) is 0 Å². The molecule has 0 radical (unpaired) electrons. The highest BCUT2D eigenvalue weighted by Gasteiger charge is 2.11. The lowest BCUT2D eigenvalue weighted by Crippen LogP contribution is -3.03. The summed E-state index contributed by atoms with van der Waals surface area (Å²) in [5.41, 5.74) is 0. The molecule has 1 aliphatic rings. The van der Waals surface area contributed by atoms with E-state index in [0.29, 0.717) is 0 Å². The Morgan fingerprint density at radius 1 is 0.786 bits per heavy atom. The summed E-state index contributed by atoms with van der Waals surface area (Å²) in [6, 6.07) is 0. The highest BCUT2D eigenvalue weighted by molar-refractivity contribution is 4.77. The molecule has 1 heterocycles. The van der Waals surface area contributed by atoms with Gasteiger partial charge in [-0.1, -0.05) is 103 Å². The van der Waals surface area contributed by atoms with Crippen molar-refractivity contribution in [3.05, 3.63) is 27.7 Å². The summed E-state index contributed by atoms with van der Waals surface area (Å²) in [6.45, 7) is 4.72.